The van der Waals surface area contributed by atoms with Gasteiger partial charge in [-0.05, 0) is 41.8 Å². The highest BCUT2D eigenvalue weighted by Gasteiger charge is 2.21. The zero-order chi connectivity index (χ0) is 17.8. The maximum absolute atomic E-state index is 12.3. The average Bonchev–Trinajstić information content (AvgIpc) is 2.69. The van der Waals surface area contributed by atoms with Gasteiger partial charge in [0.05, 0.1) is 0 Å². The molecule has 2 amide bonds. The van der Waals surface area contributed by atoms with Gasteiger partial charge < -0.3 is 15.5 Å². The third-order valence-electron chi connectivity index (χ3n) is 4.38. The molecule has 26 heavy (non-hydrogen) atoms. The minimum atomic E-state index is -0.238. The van der Waals surface area contributed by atoms with E-state index in [0.717, 1.165) is 36.8 Å². The molecular formula is C20H19N5O. The Labute approximate surface area is 151 Å². The first-order valence-corrected chi connectivity index (χ1v) is 8.55. The highest BCUT2D eigenvalue weighted by molar-refractivity contribution is 6.00. The number of fused-ring (bicyclic) bond motifs is 1. The standard InChI is InChI=1S/C20H19N5O/c26-20(23-16-7-2-1-3-8-16)24-18-9-4-6-15-14-25(13-10-17(15)18)19-21-11-5-12-22-19/h1-9,11-12H,10,13-14H2,(H2,23,24,26). The Bertz CT molecular complexity index is 899. The van der Waals surface area contributed by atoms with Crippen LogP contribution in [0.1, 0.15) is 11.1 Å². The molecule has 3 aromatic rings. The van der Waals surface area contributed by atoms with Crippen molar-refractivity contribution in [3.63, 3.8) is 0 Å². The number of carbonyl (C=O) groups is 1. The Morgan fingerprint density at radius 2 is 1.73 bits per heavy atom. The molecule has 0 atom stereocenters. The van der Waals surface area contributed by atoms with Gasteiger partial charge in [0.25, 0.3) is 0 Å². The molecule has 0 saturated carbocycles. The summed E-state index contributed by atoms with van der Waals surface area (Å²) in [6, 6.07) is 17.0. The zero-order valence-electron chi connectivity index (χ0n) is 14.2. The summed E-state index contributed by atoms with van der Waals surface area (Å²) in [5.41, 5.74) is 3.97. The molecule has 0 saturated heterocycles. The van der Waals surface area contributed by atoms with Crippen molar-refractivity contribution in [3.8, 4) is 0 Å². The van der Waals surface area contributed by atoms with Gasteiger partial charge >= 0.3 is 6.03 Å². The number of amides is 2. The van der Waals surface area contributed by atoms with Crippen LogP contribution in [0.3, 0.4) is 0 Å². The number of hydrogen-bond donors (Lipinski definition) is 2. The van der Waals surface area contributed by atoms with Crippen molar-refractivity contribution < 1.29 is 4.79 Å². The Kier molecular flexibility index (Phi) is 4.47. The van der Waals surface area contributed by atoms with E-state index in [4.69, 9.17) is 0 Å². The molecule has 1 aliphatic rings. The van der Waals surface area contributed by atoms with Crippen LogP contribution in [0.15, 0.2) is 67.0 Å². The summed E-state index contributed by atoms with van der Waals surface area (Å²) >= 11 is 0. The van der Waals surface area contributed by atoms with Gasteiger partial charge in [-0.25, -0.2) is 14.8 Å². The Morgan fingerprint density at radius 3 is 2.54 bits per heavy atom. The molecule has 4 rings (SSSR count). The number of nitrogens with one attached hydrogen (secondary N) is 2. The largest absolute Gasteiger partial charge is 0.336 e. The van der Waals surface area contributed by atoms with E-state index in [9.17, 15) is 4.79 Å². The Hall–Kier alpha value is -3.41. The molecule has 6 nitrogen and oxygen atoms in total. The van der Waals surface area contributed by atoms with Gasteiger partial charge in [-0.3, -0.25) is 0 Å². The van der Waals surface area contributed by atoms with Crippen LogP contribution in [0.2, 0.25) is 0 Å². The SMILES string of the molecule is O=C(Nc1ccccc1)Nc1cccc2c1CCN(c1ncccn1)C2. The number of anilines is 3. The van der Waals surface area contributed by atoms with E-state index in [-0.39, 0.29) is 6.03 Å². The first-order chi connectivity index (χ1) is 12.8. The van der Waals surface area contributed by atoms with E-state index in [1.165, 1.54) is 11.1 Å². The number of nitrogens with zero attached hydrogens (tertiary/aromatic N) is 3. The lowest BCUT2D eigenvalue weighted by Crippen LogP contribution is -2.32. The number of rotatable bonds is 3. The average molecular weight is 345 g/mol. The molecule has 0 fully saturated rings. The molecule has 1 aliphatic heterocycles. The number of hydrogen-bond acceptors (Lipinski definition) is 4. The van der Waals surface area contributed by atoms with Crippen LogP contribution >= 0.6 is 0 Å². The lowest BCUT2D eigenvalue weighted by molar-refractivity contribution is 0.262. The molecule has 0 unspecified atom stereocenters. The summed E-state index contributed by atoms with van der Waals surface area (Å²) in [5.74, 6) is 0.735. The number of aromatic nitrogens is 2. The third-order valence-corrected chi connectivity index (χ3v) is 4.38. The molecule has 0 bridgehead atoms. The third kappa shape index (κ3) is 3.49. The van der Waals surface area contributed by atoms with Crippen LogP contribution in [0, 0.1) is 0 Å². The fourth-order valence-electron chi connectivity index (χ4n) is 3.16. The van der Waals surface area contributed by atoms with Crippen LogP contribution < -0.4 is 15.5 Å². The maximum Gasteiger partial charge on any atom is 0.323 e. The fraction of sp³-hybridized carbons (Fsp3) is 0.150. The minimum Gasteiger partial charge on any atom is -0.336 e. The monoisotopic (exact) mass is 345 g/mol. The quantitative estimate of drug-likeness (QED) is 0.760. The second-order valence-electron chi connectivity index (χ2n) is 6.11. The number of urea groups is 1. The summed E-state index contributed by atoms with van der Waals surface area (Å²) in [6.45, 7) is 1.55. The number of para-hydroxylation sites is 1. The summed E-state index contributed by atoms with van der Waals surface area (Å²) in [6.07, 6.45) is 4.34. The van der Waals surface area contributed by atoms with E-state index >= 15 is 0 Å². The van der Waals surface area contributed by atoms with Crippen molar-refractivity contribution >= 4 is 23.4 Å². The predicted octanol–water partition coefficient (Wildman–Crippen LogP) is 3.68. The molecular weight excluding hydrogens is 326 g/mol. The fourth-order valence-corrected chi connectivity index (χ4v) is 3.16. The highest BCUT2D eigenvalue weighted by atomic mass is 16.2. The van der Waals surface area contributed by atoms with Crippen LogP contribution in [0.5, 0.6) is 0 Å². The lowest BCUT2D eigenvalue weighted by Gasteiger charge is -2.30. The molecule has 130 valence electrons. The van der Waals surface area contributed by atoms with Gasteiger partial charge in [0.15, 0.2) is 0 Å². The zero-order valence-corrected chi connectivity index (χ0v) is 14.2. The Morgan fingerprint density at radius 1 is 0.923 bits per heavy atom. The molecule has 1 aromatic heterocycles. The lowest BCUT2D eigenvalue weighted by atomic mass is 9.98. The van der Waals surface area contributed by atoms with Crippen molar-refractivity contribution in [2.75, 3.05) is 22.1 Å². The van der Waals surface area contributed by atoms with E-state index in [1.807, 2.05) is 48.5 Å². The predicted molar refractivity (Wildman–Crippen MR) is 102 cm³/mol. The van der Waals surface area contributed by atoms with Crippen molar-refractivity contribution in [3.05, 3.63) is 78.1 Å². The maximum atomic E-state index is 12.3. The van der Waals surface area contributed by atoms with Crippen LogP contribution in [-0.4, -0.2) is 22.5 Å². The van der Waals surface area contributed by atoms with E-state index in [0.29, 0.717) is 0 Å². The molecule has 2 aromatic carbocycles. The summed E-state index contributed by atoms with van der Waals surface area (Å²) in [5, 5.41) is 5.82. The van der Waals surface area contributed by atoms with E-state index < -0.39 is 0 Å². The summed E-state index contributed by atoms with van der Waals surface area (Å²) in [7, 11) is 0. The smallest absolute Gasteiger partial charge is 0.323 e. The van der Waals surface area contributed by atoms with Crippen molar-refractivity contribution in [2.45, 2.75) is 13.0 Å². The summed E-state index contributed by atoms with van der Waals surface area (Å²) < 4.78 is 0. The van der Waals surface area contributed by atoms with Gasteiger partial charge in [0, 0.05) is 36.9 Å². The topological polar surface area (TPSA) is 70.2 Å². The normalized spacial score (nSPS) is 13.0. The first-order valence-electron chi connectivity index (χ1n) is 8.55. The van der Waals surface area contributed by atoms with E-state index in [1.54, 1.807) is 12.4 Å². The molecule has 0 aliphatic carbocycles. The molecule has 2 heterocycles. The molecule has 0 spiro atoms. The first kappa shape index (κ1) is 16.1. The van der Waals surface area contributed by atoms with Crippen LogP contribution in [0.25, 0.3) is 0 Å². The second-order valence-corrected chi connectivity index (χ2v) is 6.11. The Balaban J connectivity index is 1.49. The van der Waals surface area contributed by atoms with Gasteiger partial charge in [-0.15, -0.1) is 0 Å². The molecule has 6 heteroatoms. The van der Waals surface area contributed by atoms with Gasteiger partial charge in [-0.1, -0.05) is 30.3 Å². The molecule has 2 N–H and O–H groups in total. The van der Waals surface area contributed by atoms with Gasteiger partial charge in [0.2, 0.25) is 5.95 Å². The highest BCUT2D eigenvalue weighted by Crippen LogP contribution is 2.27. The number of carbonyl (C=O) groups excluding carboxylic acids is 1. The molecule has 0 radical (unpaired) electrons. The van der Waals surface area contributed by atoms with Crippen molar-refractivity contribution in [1.82, 2.24) is 9.97 Å². The van der Waals surface area contributed by atoms with Crippen molar-refractivity contribution in [2.24, 2.45) is 0 Å². The minimum absolute atomic E-state index is 0.238. The van der Waals surface area contributed by atoms with E-state index in [2.05, 4.69) is 31.6 Å². The van der Waals surface area contributed by atoms with Gasteiger partial charge in [-0.2, -0.15) is 0 Å². The van der Waals surface area contributed by atoms with Crippen molar-refractivity contribution in [1.29, 1.82) is 0 Å². The number of benzene rings is 2. The van der Waals surface area contributed by atoms with Crippen LogP contribution in [0.4, 0.5) is 22.1 Å². The summed E-state index contributed by atoms with van der Waals surface area (Å²) in [4.78, 5) is 23.1. The van der Waals surface area contributed by atoms with Gasteiger partial charge in [0.1, 0.15) is 0 Å². The second kappa shape index (κ2) is 7.23. The van der Waals surface area contributed by atoms with Crippen LogP contribution in [-0.2, 0) is 13.0 Å².